The molecule has 0 aromatic rings. The van der Waals surface area contributed by atoms with Crippen LogP contribution in [0.4, 0.5) is 0 Å². The highest BCUT2D eigenvalue weighted by Gasteiger charge is 2.47. The molecule has 0 aliphatic carbocycles. The van der Waals surface area contributed by atoms with Crippen molar-refractivity contribution in [2.45, 2.75) is 57.0 Å². The standard InChI is InChI=1S/C15H24N2O.ClHO4/c18-15-6-3-5-14-11-8-12(10-17(14)15)13-4-1-2-7-16(13)9-11;2-1(3,4)5/h11-14H,1-10H2;(H,2,3,4,5)/t11-,12-,13-,14+;/m0./s1. The molecule has 0 aromatic heterocycles. The minimum absolute atomic E-state index is 0.449. The number of hydrogen-bond donors (Lipinski definition) is 1. The van der Waals surface area contributed by atoms with E-state index in [1.165, 1.54) is 45.2 Å². The zero-order chi connectivity index (χ0) is 16.6. The zero-order valence-corrected chi connectivity index (χ0v) is 14.0. The molecule has 0 unspecified atom stereocenters. The van der Waals surface area contributed by atoms with E-state index in [2.05, 4.69) is 9.80 Å². The molecule has 1 amide bonds. The van der Waals surface area contributed by atoms with Crippen molar-refractivity contribution in [1.82, 2.24) is 9.80 Å². The molecule has 4 saturated heterocycles. The van der Waals surface area contributed by atoms with Crippen molar-refractivity contribution in [2.24, 2.45) is 11.8 Å². The fourth-order valence-corrected chi connectivity index (χ4v) is 5.10. The van der Waals surface area contributed by atoms with Gasteiger partial charge in [0.05, 0.1) is 14.9 Å². The molecule has 0 radical (unpaired) electrons. The fraction of sp³-hybridized carbons (Fsp3) is 0.933. The molecular weight excluding hydrogens is 324 g/mol. The Kier molecular flexibility index (Phi) is 5.15. The third kappa shape index (κ3) is 4.15. The maximum atomic E-state index is 12.1. The second-order valence-electron chi connectivity index (χ2n) is 7.22. The summed E-state index contributed by atoms with van der Waals surface area (Å²) < 4.78 is 32.7. The predicted octanol–water partition coefficient (Wildman–Crippen LogP) is -2.25. The second kappa shape index (κ2) is 6.82. The molecule has 4 atom stereocenters. The lowest BCUT2D eigenvalue weighted by Crippen LogP contribution is -2.64. The largest absolute Gasteiger partial charge is 0.339 e. The van der Waals surface area contributed by atoms with E-state index in [-0.39, 0.29) is 0 Å². The van der Waals surface area contributed by atoms with Crippen LogP contribution in [0.15, 0.2) is 0 Å². The quantitative estimate of drug-likeness (QED) is 0.529. The van der Waals surface area contributed by atoms with Gasteiger partial charge in [-0.25, -0.2) is 0 Å². The third-order valence-electron chi connectivity index (χ3n) is 5.87. The Morgan fingerprint density at radius 1 is 1.00 bits per heavy atom. The van der Waals surface area contributed by atoms with Gasteiger partial charge in [-0.1, -0.05) is 6.42 Å². The number of rotatable bonds is 0. The van der Waals surface area contributed by atoms with Gasteiger partial charge >= 0.3 is 0 Å². The Morgan fingerprint density at radius 2 is 1.65 bits per heavy atom. The van der Waals surface area contributed by atoms with E-state index < -0.39 is 10.2 Å². The van der Waals surface area contributed by atoms with E-state index in [1.54, 1.807) is 0 Å². The van der Waals surface area contributed by atoms with Gasteiger partial charge in [-0.15, -0.1) is 0 Å². The highest BCUT2D eigenvalue weighted by Crippen LogP contribution is 2.42. The maximum Gasteiger partial charge on any atom is 0.222 e. The molecule has 4 aliphatic rings. The minimum atomic E-state index is -4.69. The lowest BCUT2D eigenvalue weighted by molar-refractivity contribution is -1.92. The van der Waals surface area contributed by atoms with Crippen molar-refractivity contribution >= 4 is 5.91 Å². The summed E-state index contributed by atoms with van der Waals surface area (Å²) in [5.41, 5.74) is 0. The van der Waals surface area contributed by atoms with Crippen molar-refractivity contribution in [1.29, 1.82) is 0 Å². The van der Waals surface area contributed by atoms with Crippen LogP contribution in [0.25, 0.3) is 0 Å². The number of carbonyl (C=O) groups is 1. The first-order valence-corrected chi connectivity index (χ1v) is 9.76. The van der Waals surface area contributed by atoms with Crippen LogP contribution in [-0.2, 0) is 4.79 Å². The van der Waals surface area contributed by atoms with Gasteiger partial charge in [0.2, 0.25) is 5.91 Å². The highest BCUT2D eigenvalue weighted by molar-refractivity contribution is 5.77. The molecule has 23 heavy (non-hydrogen) atoms. The molecule has 4 fully saturated rings. The average molecular weight is 349 g/mol. The van der Waals surface area contributed by atoms with Gasteiger partial charge in [-0.3, -0.25) is 9.69 Å². The van der Waals surface area contributed by atoms with E-state index in [0.29, 0.717) is 11.9 Å². The lowest BCUT2D eigenvalue weighted by Gasteiger charge is -2.56. The normalized spacial score (nSPS) is 37.4. The van der Waals surface area contributed by atoms with E-state index >= 15 is 0 Å². The number of carbonyl (C=O) groups excluding carboxylic acids is 1. The van der Waals surface area contributed by atoms with Gasteiger partial charge in [0.15, 0.2) is 0 Å². The van der Waals surface area contributed by atoms with Crippen LogP contribution in [0.1, 0.15) is 44.9 Å². The second-order valence-corrected chi connectivity index (χ2v) is 8.01. The Balaban J connectivity index is 0.000000276. The van der Waals surface area contributed by atoms with E-state index in [1.807, 2.05) is 0 Å². The van der Waals surface area contributed by atoms with Crippen LogP contribution in [0.3, 0.4) is 0 Å². The Labute approximate surface area is 138 Å². The van der Waals surface area contributed by atoms with Gasteiger partial charge in [0, 0.05) is 31.6 Å². The summed E-state index contributed by atoms with van der Waals surface area (Å²) in [6.07, 6.45) is 8.78. The molecule has 4 aliphatic heterocycles. The average Bonchev–Trinajstić information content (AvgIpc) is 2.47. The van der Waals surface area contributed by atoms with Crippen LogP contribution >= 0.6 is 0 Å². The topological polar surface area (TPSA) is 113 Å². The summed E-state index contributed by atoms with van der Waals surface area (Å²) in [4.78, 5) is 17.2. The lowest BCUT2D eigenvalue weighted by atomic mass is 9.71. The summed E-state index contributed by atoms with van der Waals surface area (Å²) >= 11 is 0. The Bertz CT molecular complexity index is 438. The number of hydrogen-bond acceptors (Lipinski definition) is 6. The summed E-state index contributed by atoms with van der Waals surface area (Å²) in [5.74, 6) is 2.01. The van der Waals surface area contributed by atoms with Gasteiger partial charge in [0.25, 0.3) is 0 Å². The van der Waals surface area contributed by atoms with Crippen molar-refractivity contribution < 1.29 is 33.7 Å². The Hall–Kier alpha value is -0.440. The van der Waals surface area contributed by atoms with E-state index in [4.69, 9.17) is 18.6 Å². The molecule has 1 N–H and O–H groups in total. The predicted molar refractivity (Wildman–Crippen MR) is 72.4 cm³/mol. The van der Waals surface area contributed by atoms with Gasteiger partial charge in [0.1, 0.15) is 0 Å². The SMILES string of the molecule is O=C1CCC[C@@H]2[C@H]3C[C@@H](CN12)[C@@H]1CCCCN1C3.[O-][Cl+3]([O-])([O-])O. The van der Waals surface area contributed by atoms with Crippen molar-refractivity contribution in [2.75, 3.05) is 19.6 Å². The smallest absolute Gasteiger partial charge is 0.222 e. The van der Waals surface area contributed by atoms with Crippen LogP contribution in [0.2, 0.25) is 0 Å². The van der Waals surface area contributed by atoms with E-state index in [0.717, 1.165) is 37.3 Å². The molecule has 0 saturated carbocycles. The third-order valence-corrected chi connectivity index (χ3v) is 5.87. The number of fused-ring (bicyclic) bond motifs is 6. The first kappa shape index (κ1) is 17.4. The molecule has 8 heteroatoms. The first-order chi connectivity index (χ1) is 10.8. The van der Waals surface area contributed by atoms with Crippen molar-refractivity contribution in [3.63, 3.8) is 0 Å². The van der Waals surface area contributed by atoms with Crippen molar-refractivity contribution in [3.05, 3.63) is 0 Å². The molecule has 132 valence electrons. The molecule has 0 aromatic carbocycles. The molecule has 2 bridgehead atoms. The van der Waals surface area contributed by atoms with Gasteiger partial charge < -0.3 is 4.90 Å². The number of nitrogens with zero attached hydrogens (tertiary/aromatic N) is 2. The summed E-state index contributed by atoms with van der Waals surface area (Å²) in [5, 5.41) is 0. The summed E-state index contributed by atoms with van der Waals surface area (Å²) in [6, 6.07) is 1.39. The summed E-state index contributed by atoms with van der Waals surface area (Å²) in [6.45, 7) is 3.66. The number of piperidine rings is 4. The zero-order valence-electron chi connectivity index (χ0n) is 13.2. The number of amides is 1. The van der Waals surface area contributed by atoms with Crippen LogP contribution < -0.4 is 14.0 Å². The molecule has 0 spiro atoms. The van der Waals surface area contributed by atoms with E-state index in [9.17, 15) is 4.79 Å². The van der Waals surface area contributed by atoms with Crippen LogP contribution in [-0.4, -0.2) is 52.1 Å². The first-order valence-electron chi connectivity index (χ1n) is 8.49. The highest BCUT2D eigenvalue weighted by atomic mass is 35.7. The number of halogens is 1. The van der Waals surface area contributed by atoms with Crippen LogP contribution in [0.5, 0.6) is 0 Å². The van der Waals surface area contributed by atoms with Gasteiger partial charge in [-0.05, 0) is 50.5 Å². The fourth-order valence-electron chi connectivity index (χ4n) is 5.10. The summed E-state index contributed by atoms with van der Waals surface area (Å²) in [7, 11) is -4.69. The maximum absolute atomic E-state index is 12.1. The van der Waals surface area contributed by atoms with Crippen molar-refractivity contribution in [3.8, 4) is 0 Å². The molecular formula is C15H25ClN2O5. The molecule has 4 rings (SSSR count). The Morgan fingerprint density at radius 3 is 2.39 bits per heavy atom. The van der Waals surface area contributed by atoms with Crippen LogP contribution in [0, 0.1) is 22.1 Å². The van der Waals surface area contributed by atoms with Gasteiger partial charge in [-0.2, -0.15) is 14.0 Å². The minimum Gasteiger partial charge on any atom is -0.339 e. The molecule has 4 heterocycles. The molecule has 7 nitrogen and oxygen atoms in total. The monoisotopic (exact) mass is 348 g/mol.